The fourth-order valence-electron chi connectivity index (χ4n) is 2.41. The summed E-state index contributed by atoms with van der Waals surface area (Å²) in [5.74, 6) is 0. The van der Waals surface area contributed by atoms with Crippen molar-refractivity contribution in [2.75, 3.05) is 31.2 Å². The lowest BCUT2D eigenvalue weighted by atomic mass is 10.1. The SMILES string of the molecule is C=[N+](O)c1ccc(N=Nc2ccc(N(CCO)CCO)cc2C)c(Cl)c1. The minimum Gasteiger partial charge on any atom is -0.395 e. The van der Waals surface area contributed by atoms with Gasteiger partial charge in [-0.3, -0.25) is 5.21 Å². The van der Waals surface area contributed by atoms with E-state index in [2.05, 4.69) is 16.9 Å². The third-order valence-corrected chi connectivity index (χ3v) is 4.08. The summed E-state index contributed by atoms with van der Waals surface area (Å²) in [6.45, 7) is 6.18. The molecule has 0 aliphatic heterocycles. The van der Waals surface area contributed by atoms with Crippen LogP contribution < -0.4 is 4.90 Å². The van der Waals surface area contributed by atoms with E-state index < -0.39 is 0 Å². The van der Waals surface area contributed by atoms with Crippen LogP contribution in [0.25, 0.3) is 0 Å². The molecule has 0 atom stereocenters. The van der Waals surface area contributed by atoms with E-state index in [-0.39, 0.29) is 13.2 Å². The van der Waals surface area contributed by atoms with Crippen molar-refractivity contribution in [1.82, 2.24) is 0 Å². The van der Waals surface area contributed by atoms with Gasteiger partial charge in [0.1, 0.15) is 5.69 Å². The third-order valence-electron chi connectivity index (χ3n) is 3.78. The zero-order valence-electron chi connectivity index (χ0n) is 14.5. The normalized spacial score (nSPS) is 11.1. The van der Waals surface area contributed by atoms with Crippen molar-refractivity contribution in [3.8, 4) is 0 Å². The van der Waals surface area contributed by atoms with E-state index in [4.69, 9.17) is 21.8 Å². The van der Waals surface area contributed by atoms with Gasteiger partial charge in [-0.25, -0.2) is 0 Å². The molecule has 0 saturated carbocycles. The molecule has 0 fully saturated rings. The fraction of sp³-hybridized carbons (Fsp3) is 0.278. The first-order valence-corrected chi connectivity index (χ1v) is 8.42. The number of benzene rings is 2. The van der Waals surface area contributed by atoms with Crippen LogP contribution in [0.2, 0.25) is 5.02 Å². The lowest BCUT2D eigenvalue weighted by Crippen LogP contribution is -2.29. The van der Waals surface area contributed by atoms with Gasteiger partial charge in [-0.1, -0.05) is 11.6 Å². The number of anilines is 1. The number of rotatable bonds is 8. The predicted octanol–water partition coefficient (Wildman–Crippen LogP) is 3.59. The molecule has 0 unspecified atom stereocenters. The highest BCUT2D eigenvalue weighted by molar-refractivity contribution is 6.33. The maximum atomic E-state index is 9.30. The largest absolute Gasteiger partial charge is 0.395 e. The first-order chi connectivity index (χ1) is 12.5. The fourth-order valence-corrected chi connectivity index (χ4v) is 2.62. The van der Waals surface area contributed by atoms with Gasteiger partial charge in [-0.2, -0.15) is 5.11 Å². The highest BCUT2D eigenvalue weighted by Crippen LogP contribution is 2.31. The van der Waals surface area contributed by atoms with Crippen LogP contribution in [0.4, 0.5) is 22.7 Å². The molecule has 26 heavy (non-hydrogen) atoms. The lowest BCUT2D eigenvalue weighted by Gasteiger charge is -2.23. The van der Waals surface area contributed by atoms with E-state index in [0.717, 1.165) is 16.0 Å². The van der Waals surface area contributed by atoms with Gasteiger partial charge in [-0.05, 0) is 36.8 Å². The van der Waals surface area contributed by atoms with Gasteiger partial charge in [-0.15, -0.1) is 5.11 Å². The quantitative estimate of drug-likeness (QED) is 0.215. The Kier molecular flexibility index (Phi) is 7.08. The standard InChI is InChI=1S/C18H22ClN4O3/c1-13-11-15(23(7-9-24)8-10-25)4-5-17(13)20-21-18-6-3-14(22(2)26)12-16(18)19/h3-6,11-12,24-26H,2,7-10H2,1H3/q+1. The number of azo groups is 1. The number of aliphatic hydroxyl groups is 2. The van der Waals surface area contributed by atoms with E-state index in [1.54, 1.807) is 18.2 Å². The van der Waals surface area contributed by atoms with Crippen LogP contribution in [0.5, 0.6) is 0 Å². The van der Waals surface area contributed by atoms with Gasteiger partial charge in [0.05, 0.1) is 23.9 Å². The van der Waals surface area contributed by atoms with Crippen molar-refractivity contribution < 1.29 is 20.2 Å². The average Bonchev–Trinajstić information content (AvgIpc) is 2.61. The van der Waals surface area contributed by atoms with E-state index in [0.29, 0.717) is 35.2 Å². The van der Waals surface area contributed by atoms with Crippen molar-refractivity contribution >= 4 is 41.1 Å². The van der Waals surface area contributed by atoms with E-state index in [1.807, 2.05) is 30.0 Å². The summed E-state index contributed by atoms with van der Waals surface area (Å²) in [4.78, 5) is 1.89. The van der Waals surface area contributed by atoms with Gasteiger partial charge < -0.3 is 15.1 Å². The summed E-state index contributed by atoms with van der Waals surface area (Å²) >= 11 is 6.14. The molecule has 8 heteroatoms. The van der Waals surface area contributed by atoms with Gasteiger partial charge in [0, 0.05) is 35.6 Å². The Bertz CT molecular complexity index is 805. The molecular weight excluding hydrogens is 356 g/mol. The summed E-state index contributed by atoms with van der Waals surface area (Å²) < 4.78 is 0.722. The van der Waals surface area contributed by atoms with Crippen LogP contribution in [0.15, 0.2) is 46.6 Å². The van der Waals surface area contributed by atoms with E-state index in [1.165, 1.54) is 0 Å². The van der Waals surface area contributed by atoms with Gasteiger partial charge in [0.25, 0.3) is 5.69 Å². The molecule has 0 bridgehead atoms. The Labute approximate surface area is 157 Å². The molecule has 0 spiro atoms. The Morgan fingerprint density at radius 2 is 1.65 bits per heavy atom. The summed E-state index contributed by atoms with van der Waals surface area (Å²) in [7, 11) is 0. The third kappa shape index (κ3) is 5.01. The Morgan fingerprint density at radius 1 is 1.04 bits per heavy atom. The Hall–Kier alpha value is -2.48. The molecule has 0 saturated heterocycles. The molecule has 0 aromatic heterocycles. The highest BCUT2D eigenvalue weighted by atomic mass is 35.5. The second-order valence-corrected chi connectivity index (χ2v) is 6.05. The van der Waals surface area contributed by atoms with E-state index >= 15 is 0 Å². The first kappa shape index (κ1) is 19.8. The molecular formula is C18H22ClN4O3+. The molecule has 2 aromatic carbocycles. The molecule has 0 aliphatic rings. The first-order valence-electron chi connectivity index (χ1n) is 8.04. The van der Waals surface area contributed by atoms with Gasteiger partial charge in [0.2, 0.25) is 0 Å². The smallest absolute Gasteiger partial charge is 0.258 e. The van der Waals surface area contributed by atoms with Crippen LogP contribution in [0, 0.1) is 6.92 Å². The van der Waals surface area contributed by atoms with Crippen molar-refractivity contribution in [3.63, 3.8) is 0 Å². The summed E-state index contributed by atoms with van der Waals surface area (Å²) in [5.41, 5.74) is 3.40. The minimum atomic E-state index is 0.00749. The topological polar surface area (TPSA) is 91.7 Å². The van der Waals surface area contributed by atoms with Crippen molar-refractivity contribution in [3.05, 3.63) is 47.0 Å². The molecule has 7 nitrogen and oxygen atoms in total. The zero-order valence-corrected chi connectivity index (χ0v) is 15.3. The van der Waals surface area contributed by atoms with Crippen LogP contribution in [-0.4, -0.2) is 53.2 Å². The number of hydrogen-bond donors (Lipinski definition) is 3. The van der Waals surface area contributed by atoms with Crippen LogP contribution >= 0.6 is 11.6 Å². The molecule has 0 radical (unpaired) electrons. The summed E-state index contributed by atoms with van der Waals surface area (Å²) in [6.07, 6.45) is 0. The average molecular weight is 378 g/mol. The maximum Gasteiger partial charge on any atom is 0.258 e. The monoisotopic (exact) mass is 377 g/mol. The number of aryl methyl sites for hydroxylation is 1. The second kappa shape index (κ2) is 9.28. The summed E-state index contributed by atoms with van der Waals surface area (Å²) in [5, 5.41) is 36.3. The predicted molar refractivity (Wildman–Crippen MR) is 102 cm³/mol. The minimum absolute atomic E-state index is 0.00749. The Morgan fingerprint density at radius 3 is 2.19 bits per heavy atom. The lowest BCUT2D eigenvalue weighted by molar-refractivity contribution is -0.706. The van der Waals surface area contributed by atoms with Crippen molar-refractivity contribution in [2.45, 2.75) is 6.92 Å². The molecule has 2 aromatic rings. The van der Waals surface area contributed by atoms with Crippen molar-refractivity contribution in [2.24, 2.45) is 10.2 Å². The van der Waals surface area contributed by atoms with Gasteiger partial charge >= 0.3 is 0 Å². The molecule has 3 N–H and O–H groups in total. The van der Waals surface area contributed by atoms with Crippen LogP contribution in [0.3, 0.4) is 0 Å². The zero-order chi connectivity index (χ0) is 19.1. The number of hydrogen-bond acceptors (Lipinski definition) is 6. The maximum absolute atomic E-state index is 9.30. The number of halogens is 1. The van der Waals surface area contributed by atoms with E-state index in [9.17, 15) is 5.21 Å². The summed E-state index contributed by atoms with van der Waals surface area (Å²) in [6, 6.07) is 10.4. The molecule has 0 aliphatic carbocycles. The highest BCUT2D eigenvalue weighted by Gasteiger charge is 2.10. The van der Waals surface area contributed by atoms with Crippen LogP contribution in [0.1, 0.15) is 5.56 Å². The number of nitrogens with zero attached hydrogens (tertiary/aromatic N) is 4. The van der Waals surface area contributed by atoms with Crippen molar-refractivity contribution in [1.29, 1.82) is 0 Å². The molecule has 0 heterocycles. The van der Waals surface area contributed by atoms with Gasteiger partial charge in [0.15, 0.2) is 6.72 Å². The number of aliphatic hydroxyl groups excluding tert-OH is 2. The Balaban J connectivity index is 2.22. The second-order valence-electron chi connectivity index (χ2n) is 5.64. The molecule has 138 valence electrons. The molecule has 0 amide bonds. The molecule has 2 rings (SSSR count). The van der Waals surface area contributed by atoms with Crippen LogP contribution in [-0.2, 0) is 0 Å².